The third-order valence-corrected chi connectivity index (χ3v) is 7.13. The molecular formula is C19H14. The fraction of sp³-hybridized carbons (Fsp3) is 0.368. The summed E-state index contributed by atoms with van der Waals surface area (Å²) >= 11 is 0. The van der Waals surface area contributed by atoms with Gasteiger partial charge >= 0.3 is 0 Å². The van der Waals surface area contributed by atoms with Crippen LogP contribution in [0.15, 0.2) is 48.5 Å². The molecule has 5 fully saturated rings. The Morgan fingerprint density at radius 2 is 1.05 bits per heavy atom. The van der Waals surface area contributed by atoms with Crippen LogP contribution >= 0.6 is 0 Å². The molecule has 2 aromatic carbocycles. The molecule has 8 rings (SSSR count). The van der Waals surface area contributed by atoms with Crippen LogP contribution in [0.1, 0.15) is 11.1 Å². The van der Waals surface area contributed by atoms with Crippen molar-refractivity contribution in [3.63, 3.8) is 0 Å². The Kier molecular flexibility index (Phi) is 0.982. The Bertz CT molecular complexity index is 711. The summed E-state index contributed by atoms with van der Waals surface area (Å²) in [6.07, 6.45) is 0. The van der Waals surface area contributed by atoms with Gasteiger partial charge in [-0.15, -0.1) is 0 Å². The largest absolute Gasteiger partial charge is 0.0619 e. The number of rotatable bonds is 0. The SMILES string of the molecule is c1ccc2c(c1)-c1ccccc1C21C2C3C4C3C4C21. The van der Waals surface area contributed by atoms with Crippen molar-refractivity contribution in [2.24, 2.45) is 35.5 Å². The molecule has 0 heteroatoms. The first-order valence-electron chi connectivity index (χ1n) is 7.65. The zero-order valence-corrected chi connectivity index (χ0v) is 10.6. The van der Waals surface area contributed by atoms with E-state index in [-0.39, 0.29) is 0 Å². The van der Waals surface area contributed by atoms with Gasteiger partial charge in [0, 0.05) is 5.41 Å². The van der Waals surface area contributed by atoms with Crippen molar-refractivity contribution in [2.75, 3.05) is 0 Å². The average Bonchev–Trinajstić information content (AvgIpc) is 3.38. The van der Waals surface area contributed by atoms with Gasteiger partial charge in [-0.1, -0.05) is 48.5 Å². The van der Waals surface area contributed by atoms with Gasteiger partial charge in [0.1, 0.15) is 0 Å². The molecule has 90 valence electrons. The zero-order valence-electron chi connectivity index (χ0n) is 10.6. The minimum absolute atomic E-state index is 0.464. The van der Waals surface area contributed by atoms with Crippen molar-refractivity contribution in [2.45, 2.75) is 5.41 Å². The van der Waals surface area contributed by atoms with E-state index in [9.17, 15) is 0 Å². The van der Waals surface area contributed by atoms with E-state index in [0.717, 1.165) is 23.7 Å². The van der Waals surface area contributed by atoms with Crippen LogP contribution in [0.25, 0.3) is 11.1 Å². The van der Waals surface area contributed by atoms with Crippen molar-refractivity contribution in [1.82, 2.24) is 0 Å². The Hall–Kier alpha value is -1.56. The standard InChI is InChI=1S/C19H14/c1-3-7-11-9(5-1)10-6-2-4-8-12(10)19(11)17-15-13-14(15)16(13)18(17)19/h1-8,13-18H. The van der Waals surface area contributed by atoms with Crippen LogP contribution in [0.5, 0.6) is 0 Å². The lowest BCUT2D eigenvalue weighted by atomic mass is 9.82. The second-order valence-corrected chi connectivity index (χ2v) is 7.32. The highest BCUT2D eigenvalue weighted by Crippen LogP contribution is 2.99. The van der Waals surface area contributed by atoms with E-state index in [2.05, 4.69) is 48.5 Å². The third-order valence-electron chi connectivity index (χ3n) is 7.13. The zero-order chi connectivity index (χ0) is 11.9. The van der Waals surface area contributed by atoms with Crippen LogP contribution in [0, 0.1) is 35.5 Å². The first-order valence-corrected chi connectivity index (χ1v) is 7.65. The van der Waals surface area contributed by atoms with E-state index in [4.69, 9.17) is 0 Å². The molecule has 19 heavy (non-hydrogen) atoms. The van der Waals surface area contributed by atoms with Crippen LogP contribution in [0.4, 0.5) is 0 Å². The van der Waals surface area contributed by atoms with Crippen molar-refractivity contribution < 1.29 is 0 Å². The lowest BCUT2D eigenvalue weighted by molar-refractivity contribution is 0.445. The molecule has 0 heterocycles. The van der Waals surface area contributed by atoms with Gasteiger partial charge in [0.25, 0.3) is 0 Å². The van der Waals surface area contributed by atoms with Gasteiger partial charge in [0.05, 0.1) is 0 Å². The summed E-state index contributed by atoms with van der Waals surface area (Å²) in [6, 6.07) is 18.4. The highest BCUT2D eigenvalue weighted by molar-refractivity contribution is 5.85. The molecular weight excluding hydrogens is 228 g/mol. The van der Waals surface area contributed by atoms with E-state index in [1.807, 2.05) is 0 Å². The molecule has 2 aromatic rings. The highest BCUT2D eigenvalue weighted by Gasteiger charge is 2.97. The summed E-state index contributed by atoms with van der Waals surface area (Å²) in [4.78, 5) is 0. The normalized spacial score (nSPS) is 46.3. The first-order chi connectivity index (χ1) is 9.45. The smallest absolute Gasteiger partial charge is 0.0283 e. The van der Waals surface area contributed by atoms with Crippen molar-refractivity contribution in [3.05, 3.63) is 59.7 Å². The van der Waals surface area contributed by atoms with Gasteiger partial charge in [-0.25, -0.2) is 0 Å². The molecule has 0 radical (unpaired) electrons. The fourth-order valence-electron chi connectivity index (χ4n) is 6.64. The maximum Gasteiger partial charge on any atom is 0.0283 e. The Balaban J connectivity index is 1.60. The molecule has 0 saturated heterocycles. The molecule has 0 nitrogen and oxygen atoms in total. The predicted molar refractivity (Wildman–Crippen MR) is 73.6 cm³/mol. The molecule has 2 atom stereocenters. The summed E-state index contributed by atoms with van der Waals surface area (Å²) in [5, 5.41) is 0. The molecule has 6 aliphatic rings. The van der Waals surface area contributed by atoms with E-state index in [0.29, 0.717) is 5.41 Å². The highest BCUT2D eigenvalue weighted by atomic mass is 15.0. The summed E-state index contributed by atoms with van der Waals surface area (Å²) in [5.41, 5.74) is 6.86. The van der Waals surface area contributed by atoms with E-state index < -0.39 is 0 Å². The van der Waals surface area contributed by atoms with Crippen molar-refractivity contribution in [3.8, 4) is 11.1 Å². The van der Waals surface area contributed by atoms with Crippen molar-refractivity contribution in [1.29, 1.82) is 0 Å². The molecule has 2 unspecified atom stereocenters. The quantitative estimate of drug-likeness (QED) is 0.660. The monoisotopic (exact) mass is 242 g/mol. The van der Waals surface area contributed by atoms with E-state index >= 15 is 0 Å². The second-order valence-electron chi connectivity index (χ2n) is 7.32. The lowest BCUT2D eigenvalue weighted by Crippen LogP contribution is -2.18. The number of hydrogen-bond acceptors (Lipinski definition) is 0. The van der Waals surface area contributed by atoms with Crippen LogP contribution < -0.4 is 0 Å². The Morgan fingerprint density at radius 3 is 1.58 bits per heavy atom. The molecule has 2 bridgehead atoms. The fourth-order valence-corrected chi connectivity index (χ4v) is 6.64. The van der Waals surface area contributed by atoms with Gasteiger partial charge in [-0.05, 0) is 57.8 Å². The van der Waals surface area contributed by atoms with Gasteiger partial charge in [0.15, 0.2) is 0 Å². The van der Waals surface area contributed by atoms with Gasteiger partial charge in [0.2, 0.25) is 0 Å². The second kappa shape index (κ2) is 2.18. The number of fused-ring (bicyclic) bond motifs is 5. The summed E-state index contributed by atoms with van der Waals surface area (Å²) in [5.74, 6) is 6.62. The van der Waals surface area contributed by atoms with Crippen molar-refractivity contribution >= 4 is 0 Å². The maximum absolute atomic E-state index is 2.42. The van der Waals surface area contributed by atoms with Gasteiger partial charge < -0.3 is 0 Å². The topological polar surface area (TPSA) is 0 Å². The molecule has 5 saturated carbocycles. The third kappa shape index (κ3) is 0.619. The number of hydrogen-bond donors (Lipinski definition) is 0. The van der Waals surface area contributed by atoms with E-state index in [1.165, 1.54) is 23.0 Å². The average molecular weight is 242 g/mol. The van der Waals surface area contributed by atoms with Crippen LogP contribution in [0.2, 0.25) is 0 Å². The summed E-state index contributed by atoms with van der Waals surface area (Å²) in [7, 11) is 0. The Labute approximate surface area is 112 Å². The van der Waals surface area contributed by atoms with Gasteiger partial charge in [-0.3, -0.25) is 0 Å². The molecule has 0 aliphatic heterocycles. The van der Waals surface area contributed by atoms with Crippen LogP contribution in [0.3, 0.4) is 0 Å². The summed E-state index contributed by atoms with van der Waals surface area (Å²) in [6.45, 7) is 0. The first kappa shape index (κ1) is 8.58. The summed E-state index contributed by atoms with van der Waals surface area (Å²) < 4.78 is 0. The molecule has 0 N–H and O–H groups in total. The van der Waals surface area contributed by atoms with E-state index in [1.54, 1.807) is 11.1 Å². The molecule has 0 aromatic heterocycles. The lowest BCUT2D eigenvalue weighted by Gasteiger charge is -2.21. The minimum atomic E-state index is 0.464. The molecule has 0 amide bonds. The predicted octanol–water partition coefficient (Wildman–Crippen LogP) is 3.70. The molecule has 1 spiro atoms. The Morgan fingerprint density at radius 1 is 0.579 bits per heavy atom. The minimum Gasteiger partial charge on any atom is -0.0619 e. The molecule has 6 aliphatic carbocycles. The van der Waals surface area contributed by atoms with Crippen LogP contribution in [-0.4, -0.2) is 0 Å². The maximum atomic E-state index is 2.42. The number of benzene rings is 2. The van der Waals surface area contributed by atoms with Gasteiger partial charge in [-0.2, -0.15) is 0 Å². The van der Waals surface area contributed by atoms with Crippen LogP contribution in [-0.2, 0) is 5.41 Å².